The van der Waals surface area contributed by atoms with E-state index in [9.17, 15) is 35.1 Å². The van der Waals surface area contributed by atoms with Crippen LogP contribution in [0.15, 0.2) is 24.3 Å². The molecule has 4 aromatic carbocycles. The number of aryl methyl sites for hydroxylation is 5. The summed E-state index contributed by atoms with van der Waals surface area (Å²) >= 11 is 0. The van der Waals surface area contributed by atoms with Crippen molar-refractivity contribution in [3.8, 4) is 34.5 Å². The van der Waals surface area contributed by atoms with E-state index in [1.807, 2.05) is 39.8 Å². The smallest absolute Gasteiger partial charge is 0.204 e. The summed E-state index contributed by atoms with van der Waals surface area (Å²) in [4.78, 5) is 0. The number of hydrogen-bond donors (Lipinski definition) is 0. The molecule has 6 nitrogen and oxygen atoms in total. The van der Waals surface area contributed by atoms with E-state index >= 15 is 0 Å². The van der Waals surface area contributed by atoms with Gasteiger partial charge in [-0.05, 0) is 337 Å². The lowest BCUT2D eigenvalue weighted by Crippen LogP contribution is -2.27. The zero-order valence-corrected chi connectivity index (χ0v) is 64.5. The van der Waals surface area contributed by atoms with Gasteiger partial charge >= 0.3 is 0 Å². The molecule has 0 bridgehead atoms. The monoisotopic (exact) mass is 1450 g/mol. The first-order valence-corrected chi connectivity index (χ1v) is 42.0. The molecule has 0 saturated heterocycles. The molecule has 0 aromatic heterocycles. The minimum Gasteiger partial charge on any atom is -0.490 e. The molecule has 4 unspecified atom stereocenters. The van der Waals surface area contributed by atoms with Crippen LogP contribution in [0.2, 0.25) is 0 Å². The average molecular weight is 1460 g/mol. The SMILES string of the molecule is CC1CCC(C2CCC(CCc3cc4c(c(F)c3F)OC(C)CC4)CC2)CC1.CC1CCC(C2CCC(COc3cc4c(c(F)c3F)OC(C)CC4)CC2)CC1.CC1CCC(C2CCC(c3cc4c(c(F)c3F)OC(C)CC4)CC2)CC1.CC1CCC(COc2cc3c(c(F)c2F)OC(C)CC3)CC1. The molecule has 7 fully saturated rings. The fraction of sp³-hybridized carbons (Fsp3) is 0.733. The Kier molecular flexibility index (Phi) is 27.7. The summed E-state index contributed by atoms with van der Waals surface area (Å²) in [5, 5.41) is 0. The van der Waals surface area contributed by atoms with Gasteiger partial charge in [-0.3, -0.25) is 0 Å². The van der Waals surface area contributed by atoms with Crippen LogP contribution in [-0.4, -0.2) is 37.6 Å². The Morgan fingerprint density at radius 2 is 0.567 bits per heavy atom. The molecule has 4 heterocycles. The maximum Gasteiger partial charge on any atom is 0.204 e. The number of fused-ring (bicyclic) bond motifs is 4. The molecule has 0 spiro atoms. The maximum absolute atomic E-state index is 14.7. The third-order valence-corrected chi connectivity index (χ3v) is 27.6. The number of benzene rings is 4. The molecule has 14 heteroatoms. The number of ether oxygens (including phenoxy) is 6. The highest BCUT2D eigenvalue weighted by atomic mass is 19.2. The van der Waals surface area contributed by atoms with E-state index in [-0.39, 0.29) is 64.8 Å². The van der Waals surface area contributed by atoms with Crippen LogP contribution in [-0.2, 0) is 32.1 Å². The number of rotatable bonds is 13. The molecule has 4 aliphatic heterocycles. The van der Waals surface area contributed by atoms with Crippen molar-refractivity contribution in [3.05, 3.63) is 104 Å². The van der Waals surface area contributed by atoms with E-state index < -0.39 is 46.5 Å². The van der Waals surface area contributed by atoms with E-state index in [4.69, 9.17) is 28.4 Å². The van der Waals surface area contributed by atoms with Crippen molar-refractivity contribution < 1.29 is 63.5 Å². The van der Waals surface area contributed by atoms with Crippen LogP contribution in [0, 0.1) is 123 Å². The van der Waals surface area contributed by atoms with Crippen molar-refractivity contribution in [2.75, 3.05) is 13.2 Å². The van der Waals surface area contributed by atoms with Gasteiger partial charge < -0.3 is 28.4 Å². The van der Waals surface area contributed by atoms with Crippen molar-refractivity contribution >= 4 is 0 Å². The second kappa shape index (κ2) is 36.6. The Bertz CT molecular complexity index is 3290. The second-order valence-corrected chi connectivity index (χ2v) is 35.6. The quantitative estimate of drug-likeness (QED) is 0.124. The Balaban J connectivity index is 0.000000131. The molecule has 4 atom stereocenters. The summed E-state index contributed by atoms with van der Waals surface area (Å²) in [5.74, 6) is 4.60. The van der Waals surface area contributed by atoms with Crippen molar-refractivity contribution in [2.45, 2.75) is 330 Å². The van der Waals surface area contributed by atoms with E-state index in [1.165, 1.54) is 141 Å². The molecule has 4 aromatic rings. The Labute approximate surface area is 619 Å². The first kappa shape index (κ1) is 78.7. The molecular weight excluding hydrogens is 1330 g/mol. The predicted molar refractivity (Wildman–Crippen MR) is 398 cm³/mol. The van der Waals surface area contributed by atoms with Crippen LogP contribution in [0.3, 0.4) is 0 Å². The van der Waals surface area contributed by atoms with Gasteiger partial charge in [0.1, 0.15) is 0 Å². The number of halogens is 8. The van der Waals surface area contributed by atoms with Crippen LogP contribution >= 0.6 is 0 Å². The fourth-order valence-electron chi connectivity index (χ4n) is 20.3. The Morgan fingerprint density at radius 1 is 0.288 bits per heavy atom. The third-order valence-electron chi connectivity index (χ3n) is 27.6. The molecule has 0 amide bonds. The van der Waals surface area contributed by atoms with Gasteiger partial charge in [0.2, 0.25) is 34.9 Å². The Hall–Kier alpha value is -4.88. The molecule has 578 valence electrons. The standard InChI is InChI=1S/C25H36F2O.C24H34F2O2.C23H32F2O.C18H24F2O2/c1-16-3-9-19(10-4-16)20-12-6-18(7-13-20)8-14-21-15-22-11-5-17(2)28-25(22)24(27)23(21)26;1-15-3-8-18(9-4-15)19-11-6-17(7-12-19)14-27-21-13-20-10-5-16(2)28-24(20)23(26)22(21)25;1-14-3-6-16(7-4-14)17-9-11-18(12-10-17)20-13-19-8-5-15(2)26-23(19)22(25)21(20)24;1-11-3-6-13(7-4-11)10-21-15-9-14-8-5-12(2)22-18(14)17(20)16(15)19/h15-20H,3-14H2,1-2H3;13,15-19H,3-12,14H2,1-2H3;13-18H,3-12H2,1-2H3;9,11-13H,3-8,10H2,1-2H3. The molecule has 7 saturated carbocycles. The fourth-order valence-corrected chi connectivity index (χ4v) is 20.3. The summed E-state index contributed by atoms with van der Waals surface area (Å²) in [6.07, 6.45) is 43.5. The van der Waals surface area contributed by atoms with E-state index in [0.29, 0.717) is 66.9 Å². The summed E-state index contributed by atoms with van der Waals surface area (Å²) in [6.45, 7) is 17.9. The Morgan fingerprint density at radius 3 is 0.933 bits per heavy atom. The third kappa shape index (κ3) is 19.9. The first-order chi connectivity index (χ1) is 50.1. The molecular formula is C90H126F8O6. The summed E-state index contributed by atoms with van der Waals surface area (Å²) in [6, 6.07) is 7.04. The van der Waals surface area contributed by atoms with E-state index in [0.717, 1.165) is 159 Å². The average Bonchev–Trinajstić information content (AvgIpc) is 0.790. The maximum atomic E-state index is 14.7. The first-order valence-electron chi connectivity index (χ1n) is 42.0. The summed E-state index contributed by atoms with van der Waals surface area (Å²) < 4.78 is 149. The van der Waals surface area contributed by atoms with Crippen LogP contribution < -0.4 is 28.4 Å². The van der Waals surface area contributed by atoms with Crippen molar-refractivity contribution in [2.24, 2.45) is 76.9 Å². The van der Waals surface area contributed by atoms with Crippen molar-refractivity contribution in [3.63, 3.8) is 0 Å². The van der Waals surface area contributed by atoms with Gasteiger partial charge in [0.05, 0.1) is 37.6 Å². The highest BCUT2D eigenvalue weighted by Crippen LogP contribution is 2.49. The molecule has 0 radical (unpaired) electrons. The topological polar surface area (TPSA) is 55.4 Å². The zero-order valence-electron chi connectivity index (χ0n) is 64.5. The lowest BCUT2D eigenvalue weighted by molar-refractivity contribution is 0.123. The van der Waals surface area contributed by atoms with Gasteiger partial charge in [-0.25, -0.2) is 8.78 Å². The van der Waals surface area contributed by atoms with E-state index in [1.54, 1.807) is 12.1 Å². The lowest BCUT2D eigenvalue weighted by atomic mass is 9.68. The van der Waals surface area contributed by atoms with Gasteiger partial charge in [-0.2, -0.15) is 26.3 Å². The summed E-state index contributed by atoms with van der Waals surface area (Å²) in [5.41, 5.74) is 4.31. The molecule has 15 rings (SSSR count). The van der Waals surface area contributed by atoms with Crippen molar-refractivity contribution in [1.82, 2.24) is 0 Å². The van der Waals surface area contributed by atoms with Crippen molar-refractivity contribution in [1.29, 1.82) is 0 Å². The van der Waals surface area contributed by atoms with Crippen LogP contribution in [0.4, 0.5) is 35.1 Å². The summed E-state index contributed by atoms with van der Waals surface area (Å²) in [7, 11) is 0. The minimum absolute atomic E-state index is 0.0316. The van der Waals surface area contributed by atoms with Gasteiger partial charge in [-0.15, -0.1) is 0 Å². The highest BCUT2D eigenvalue weighted by molar-refractivity contribution is 5.47. The molecule has 104 heavy (non-hydrogen) atoms. The van der Waals surface area contributed by atoms with E-state index in [2.05, 4.69) is 27.7 Å². The van der Waals surface area contributed by atoms with Gasteiger partial charge in [-0.1, -0.05) is 91.9 Å². The van der Waals surface area contributed by atoms with Gasteiger partial charge in [0.15, 0.2) is 46.1 Å². The largest absolute Gasteiger partial charge is 0.490 e. The normalized spacial score (nSPS) is 32.5. The van der Waals surface area contributed by atoms with Crippen LogP contribution in [0.1, 0.15) is 307 Å². The van der Waals surface area contributed by atoms with Gasteiger partial charge in [0, 0.05) is 11.1 Å². The molecule has 0 N–H and O–H groups in total. The zero-order chi connectivity index (χ0) is 73.3. The minimum atomic E-state index is -0.919. The number of hydrogen-bond acceptors (Lipinski definition) is 6. The molecule has 7 aliphatic carbocycles. The second-order valence-electron chi connectivity index (χ2n) is 35.6. The lowest BCUT2D eigenvalue weighted by Gasteiger charge is -2.37. The van der Waals surface area contributed by atoms with Gasteiger partial charge in [0.25, 0.3) is 0 Å². The predicted octanol–water partition coefficient (Wildman–Crippen LogP) is 25.6. The highest BCUT2D eigenvalue weighted by Gasteiger charge is 2.38. The van der Waals surface area contributed by atoms with Crippen LogP contribution in [0.25, 0.3) is 0 Å². The molecule has 11 aliphatic rings. The van der Waals surface area contributed by atoms with Crippen LogP contribution in [0.5, 0.6) is 34.5 Å².